The summed E-state index contributed by atoms with van der Waals surface area (Å²) >= 11 is 0. The van der Waals surface area contributed by atoms with Gasteiger partial charge in [-0.3, -0.25) is 10.1 Å². The first-order valence-electron chi connectivity index (χ1n) is 7.38. The Balaban J connectivity index is 1.64. The molecule has 1 aromatic rings. The predicted molar refractivity (Wildman–Crippen MR) is 75.9 cm³/mol. The van der Waals surface area contributed by atoms with Gasteiger partial charge in [0.15, 0.2) is 0 Å². The van der Waals surface area contributed by atoms with E-state index in [-0.39, 0.29) is 11.9 Å². The minimum Gasteiger partial charge on any atom is -0.352 e. The molecule has 3 heteroatoms. The van der Waals surface area contributed by atoms with Crippen LogP contribution in [0.5, 0.6) is 0 Å². The molecule has 0 aliphatic heterocycles. The maximum atomic E-state index is 12.0. The monoisotopic (exact) mass is 258 g/mol. The highest BCUT2D eigenvalue weighted by Gasteiger charge is 2.28. The number of aryl methyl sites for hydroxylation is 1. The number of hydrogen-bond donors (Lipinski definition) is 2. The number of nitrogens with one attached hydrogen (secondary N) is 2. The van der Waals surface area contributed by atoms with Crippen molar-refractivity contribution in [3.63, 3.8) is 0 Å². The molecule has 2 aliphatic rings. The molecule has 19 heavy (non-hydrogen) atoms. The maximum Gasteiger partial charge on any atom is 0.237 e. The fourth-order valence-electron chi connectivity index (χ4n) is 2.86. The first-order chi connectivity index (χ1) is 9.24. The van der Waals surface area contributed by atoms with Gasteiger partial charge < -0.3 is 5.32 Å². The molecular weight excluding hydrogens is 236 g/mol. The fourth-order valence-corrected chi connectivity index (χ4v) is 2.86. The number of benzene rings is 1. The van der Waals surface area contributed by atoms with Crippen molar-refractivity contribution >= 4 is 5.91 Å². The van der Waals surface area contributed by atoms with E-state index in [0.717, 1.165) is 25.7 Å². The Morgan fingerprint density at radius 2 is 2.05 bits per heavy atom. The van der Waals surface area contributed by atoms with Gasteiger partial charge in [0.25, 0.3) is 0 Å². The summed E-state index contributed by atoms with van der Waals surface area (Å²) in [5.74, 6) is 0.144. The van der Waals surface area contributed by atoms with Gasteiger partial charge >= 0.3 is 0 Å². The van der Waals surface area contributed by atoms with Crippen molar-refractivity contribution in [1.29, 1.82) is 0 Å². The van der Waals surface area contributed by atoms with Crippen LogP contribution in [0, 0.1) is 0 Å². The summed E-state index contributed by atoms with van der Waals surface area (Å²) in [5.41, 5.74) is 2.81. The Morgan fingerprint density at radius 3 is 2.84 bits per heavy atom. The lowest BCUT2D eigenvalue weighted by Crippen LogP contribution is -2.45. The number of amides is 1. The van der Waals surface area contributed by atoms with Crippen molar-refractivity contribution in [3.8, 4) is 0 Å². The van der Waals surface area contributed by atoms with Crippen LogP contribution in [0.4, 0.5) is 0 Å². The SMILES string of the molecule is CC(NC1CCCc2ccccc21)C(=O)NC1CC1. The minimum atomic E-state index is -0.114. The summed E-state index contributed by atoms with van der Waals surface area (Å²) in [7, 11) is 0. The Morgan fingerprint density at radius 1 is 1.26 bits per heavy atom. The van der Waals surface area contributed by atoms with E-state index in [0.29, 0.717) is 12.1 Å². The third-order valence-electron chi connectivity index (χ3n) is 4.14. The van der Waals surface area contributed by atoms with E-state index in [4.69, 9.17) is 0 Å². The fraction of sp³-hybridized carbons (Fsp3) is 0.562. The zero-order chi connectivity index (χ0) is 13.2. The molecule has 0 bridgehead atoms. The molecule has 1 fully saturated rings. The number of fused-ring (bicyclic) bond motifs is 1. The lowest BCUT2D eigenvalue weighted by molar-refractivity contribution is -0.123. The lowest BCUT2D eigenvalue weighted by atomic mass is 9.87. The third-order valence-corrected chi connectivity index (χ3v) is 4.14. The molecule has 0 spiro atoms. The van der Waals surface area contributed by atoms with E-state index in [1.54, 1.807) is 0 Å². The first kappa shape index (κ1) is 12.7. The predicted octanol–water partition coefficient (Wildman–Crippen LogP) is 2.32. The standard InChI is InChI=1S/C16H22N2O/c1-11(16(19)18-13-9-10-13)17-15-8-4-6-12-5-2-3-7-14(12)15/h2-3,5,7,11,13,15,17H,4,6,8-10H2,1H3,(H,18,19). The Hall–Kier alpha value is -1.35. The zero-order valence-electron chi connectivity index (χ0n) is 11.5. The molecule has 1 saturated carbocycles. The van der Waals surface area contributed by atoms with Crippen LogP contribution in [-0.4, -0.2) is 18.0 Å². The van der Waals surface area contributed by atoms with Crippen LogP contribution in [0.25, 0.3) is 0 Å². The molecule has 2 aliphatic carbocycles. The van der Waals surface area contributed by atoms with Crippen molar-refractivity contribution < 1.29 is 4.79 Å². The van der Waals surface area contributed by atoms with Gasteiger partial charge in [-0.25, -0.2) is 0 Å². The van der Waals surface area contributed by atoms with Crippen LogP contribution in [0.1, 0.15) is 49.8 Å². The van der Waals surface area contributed by atoms with E-state index in [1.807, 2.05) is 6.92 Å². The van der Waals surface area contributed by atoms with Crippen molar-refractivity contribution in [2.75, 3.05) is 0 Å². The number of carbonyl (C=O) groups excluding carboxylic acids is 1. The molecule has 3 nitrogen and oxygen atoms in total. The van der Waals surface area contributed by atoms with Gasteiger partial charge in [0, 0.05) is 12.1 Å². The largest absolute Gasteiger partial charge is 0.352 e. The number of carbonyl (C=O) groups is 1. The molecule has 1 aromatic carbocycles. The first-order valence-corrected chi connectivity index (χ1v) is 7.38. The second-order valence-corrected chi connectivity index (χ2v) is 5.81. The van der Waals surface area contributed by atoms with Crippen molar-refractivity contribution in [3.05, 3.63) is 35.4 Å². The maximum absolute atomic E-state index is 12.0. The van der Waals surface area contributed by atoms with E-state index >= 15 is 0 Å². The van der Waals surface area contributed by atoms with Crippen LogP contribution in [-0.2, 0) is 11.2 Å². The zero-order valence-corrected chi connectivity index (χ0v) is 11.5. The van der Waals surface area contributed by atoms with E-state index < -0.39 is 0 Å². The quantitative estimate of drug-likeness (QED) is 0.870. The van der Waals surface area contributed by atoms with Crippen LogP contribution in [0.3, 0.4) is 0 Å². The molecule has 3 rings (SSSR count). The molecule has 0 aromatic heterocycles. The van der Waals surface area contributed by atoms with Gasteiger partial charge in [0.1, 0.15) is 0 Å². The molecule has 102 valence electrons. The highest BCUT2D eigenvalue weighted by molar-refractivity contribution is 5.81. The second kappa shape index (κ2) is 5.33. The lowest BCUT2D eigenvalue weighted by Gasteiger charge is -2.28. The van der Waals surface area contributed by atoms with Crippen molar-refractivity contribution in [1.82, 2.24) is 10.6 Å². The van der Waals surface area contributed by atoms with Gasteiger partial charge in [0.05, 0.1) is 6.04 Å². The average molecular weight is 258 g/mol. The molecule has 1 amide bonds. The molecule has 0 radical (unpaired) electrons. The summed E-state index contributed by atoms with van der Waals surface area (Å²) in [6.07, 6.45) is 5.77. The minimum absolute atomic E-state index is 0.114. The topological polar surface area (TPSA) is 41.1 Å². The van der Waals surface area contributed by atoms with Crippen molar-refractivity contribution in [2.24, 2.45) is 0 Å². The normalized spacial score (nSPS) is 23.5. The Kier molecular flexibility index (Phi) is 3.56. The summed E-state index contributed by atoms with van der Waals surface area (Å²) in [6, 6.07) is 9.24. The Labute approximate surface area is 114 Å². The van der Waals surface area contributed by atoms with Gasteiger partial charge in [-0.15, -0.1) is 0 Å². The molecule has 0 saturated heterocycles. The van der Waals surface area contributed by atoms with Gasteiger partial charge in [-0.1, -0.05) is 24.3 Å². The van der Waals surface area contributed by atoms with Gasteiger partial charge in [-0.05, 0) is 50.2 Å². The second-order valence-electron chi connectivity index (χ2n) is 5.81. The number of rotatable bonds is 4. The van der Waals surface area contributed by atoms with E-state index in [9.17, 15) is 4.79 Å². The van der Waals surface area contributed by atoms with Crippen molar-refractivity contribution in [2.45, 2.75) is 57.2 Å². The van der Waals surface area contributed by atoms with Crippen LogP contribution in [0.15, 0.2) is 24.3 Å². The van der Waals surface area contributed by atoms with E-state index in [2.05, 4.69) is 34.9 Å². The summed E-state index contributed by atoms with van der Waals surface area (Å²) < 4.78 is 0. The molecular formula is C16H22N2O. The summed E-state index contributed by atoms with van der Waals surface area (Å²) in [4.78, 5) is 12.0. The van der Waals surface area contributed by atoms with Crippen LogP contribution in [0.2, 0.25) is 0 Å². The molecule has 2 N–H and O–H groups in total. The Bertz CT molecular complexity index is 468. The molecule has 0 heterocycles. The average Bonchev–Trinajstić information content (AvgIpc) is 3.23. The molecule has 2 unspecified atom stereocenters. The summed E-state index contributed by atoms with van der Waals surface area (Å²) in [6.45, 7) is 1.97. The van der Waals surface area contributed by atoms with Gasteiger partial charge in [0.2, 0.25) is 5.91 Å². The number of hydrogen-bond acceptors (Lipinski definition) is 2. The highest BCUT2D eigenvalue weighted by atomic mass is 16.2. The van der Waals surface area contributed by atoms with Crippen LogP contribution >= 0.6 is 0 Å². The highest BCUT2D eigenvalue weighted by Crippen LogP contribution is 2.29. The van der Waals surface area contributed by atoms with E-state index in [1.165, 1.54) is 17.5 Å². The molecule has 2 atom stereocenters. The van der Waals surface area contributed by atoms with Gasteiger partial charge in [-0.2, -0.15) is 0 Å². The third kappa shape index (κ3) is 2.98. The summed E-state index contributed by atoms with van der Waals surface area (Å²) in [5, 5.41) is 6.56. The van der Waals surface area contributed by atoms with Crippen LogP contribution < -0.4 is 10.6 Å². The smallest absolute Gasteiger partial charge is 0.237 e.